The molecule has 3 aromatic carbocycles. The maximum absolute atomic E-state index is 13.8. The van der Waals surface area contributed by atoms with Crippen LogP contribution in [0, 0.1) is 6.92 Å². The van der Waals surface area contributed by atoms with Crippen molar-refractivity contribution in [3.8, 4) is 17.2 Å². The summed E-state index contributed by atoms with van der Waals surface area (Å²) in [7, 11) is 1.55. The molecule has 4 aromatic rings. The van der Waals surface area contributed by atoms with Crippen LogP contribution in [0.1, 0.15) is 61.4 Å². The third kappa shape index (κ3) is 5.33. The van der Waals surface area contributed by atoms with E-state index in [2.05, 4.69) is 6.92 Å². The van der Waals surface area contributed by atoms with Crippen LogP contribution in [-0.2, 0) is 16.0 Å². The largest absolute Gasteiger partial charge is 0.507 e. The Bertz CT molecular complexity index is 1760. The minimum Gasteiger partial charge on any atom is -0.507 e. The number of hydrogen-bond donors (Lipinski definition) is 1. The number of Topliss-reactive ketones (excluding diaryl/α,β-unsaturated/α-hetero) is 1. The Balaban J connectivity index is 1.48. The topological polar surface area (TPSA) is 98.2 Å². The number of aromatic nitrogens is 1. The van der Waals surface area contributed by atoms with E-state index in [1.165, 1.54) is 16.2 Å². The van der Waals surface area contributed by atoms with E-state index in [1.807, 2.05) is 44.2 Å². The molecular formula is C34H34N2O6S. The standard InChI is InChI=1S/C34H34N2O6S/c1-5-6-7-14-41-26-13-9-21(18-27(26)40-4)30-29(31(37)22-10-12-25-23(17-22)16-20(3)42-25)32(38)33(39)36(30)34-35-24-11-8-19(2)15-28(24)43-34/h8-13,15,17-18,20,30,37H,5-7,14,16H2,1-4H3. The van der Waals surface area contributed by atoms with Gasteiger partial charge in [0.1, 0.15) is 17.6 Å². The van der Waals surface area contributed by atoms with Gasteiger partial charge in [0.05, 0.1) is 35.5 Å². The molecule has 1 N–H and O–H groups in total. The number of ether oxygens (including phenoxy) is 3. The number of hydrogen-bond acceptors (Lipinski definition) is 8. The van der Waals surface area contributed by atoms with Crippen LogP contribution >= 0.6 is 11.3 Å². The maximum atomic E-state index is 13.8. The minimum atomic E-state index is -0.937. The molecule has 6 rings (SSSR count). The number of nitrogens with zero attached hydrogens (tertiary/aromatic N) is 2. The molecule has 0 radical (unpaired) electrons. The highest BCUT2D eigenvalue weighted by Gasteiger charge is 2.48. The van der Waals surface area contributed by atoms with Crippen LogP contribution in [0.4, 0.5) is 5.13 Å². The summed E-state index contributed by atoms with van der Waals surface area (Å²) in [4.78, 5) is 33.6. The van der Waals surface area contributed by atoms with Gasteiger partial charge in [-0.05, 0) is 79.4 Å². The lowest BCUT2D eigenvalue weighted by Gasteiger charge is -2.24. The first-order valence-electron chi connectivity index (χ1n) is 14.6. The van der Waals surface area contributed by atoms with Crippen molar-refractivity contribution in [2.24, 2.45) is 0 Å². The zero-order valence-corrected chi connectivity index (χ0v) is 25.5. The average molecular weight is 599 g/mol. The molecule has 2 aliphatic rings. The van der Waals surface area contributed by atoms with Gasteiger partial charge < -0.3 is 19.3 Å². The number of aliphatic hydroxyl groups is 1. The number of thiazole rings is 1. The van der Waals surface area contributed by atoms with Gasteiger partial charge in [-0.1, -0.05) is 43.2 Å². The van der Waals surface area contributed by atoms with E-state index in [-0.39, 0.29) is 17.4 Å². The molecule has 222 valence electrons. The molecule has 1 saturated heterocycles. The fourth-order valence-electron chi connectivity index (χ4n) is 5.70. The second-order valence-corrected chi connectivity index (χ2v) is 12.1. The highest BCUT2D eigenvalue weighted by atomic mass is 32.1. The Hall–Kier alpha value is -4.37. The summed E-state index contributed by atoms with van der Waals surface area (Å²) >= 11 is 1.33. The Morgan fingerprint density at radius 2 is 1.93 bits per heavy atom. The molecule has 0 saturated carbocycles. The number of anilines is 1. The molecule has 1 amide bonds. The Morgan fingerprint density at radius 1 is 1.09 bits per heavy atom. The predicted octanol–water partition coefficient (Wildman–Crippen LogP) is 7.13. The highest BCUT2D eigenvalue weighted by molar-refractivity contribution is 7.22. The van der Waals surface area contributed by atoms with E-state index in [0.717, 1.165) is 46.4 Å². The van der Waals surface area contributed by atoms with Crippen LogP contribution in [0.3, 0.4) is 0 Å². The smallest absolute Gasteiger partial charge is 0.301 e. The average Bonchev–Trinajstić information content (AvgIpc) is 3.66. The molecule has 1 aromatic heterocycles. The monoisotopic (exact) mass is 598 g/mol. The molecule has 43 heavy (non-hydrogen) atoms. The molecule has 0 bridgehead atoms. The fraction of sp³-hybridized carbons (Fsp3) is 0.324. The van der Waals surface area contributed by atoms with Crippen molar-refractivity contribution < 1.29 is 28.9 Å². The van der Waals surface area contributed by atoms with E-state index in [4.69, 9.17) is 19.2 Å². The van der Waals surface area contributed by atoms with Crippen LogP contribution in [-0.4, -0.2) is 41.6 Å². The first-order valence-corrected chi connectivity index (χ1v) is 15.4. The lowest BCUT2D eigenvalue weighted by Crippen LogP contribution is -2.29. The summed E-state index contributed by atoms with van der Waals surface area (Å²) in [5, 5.41) is 12.1. The summed E-state index contributed by atoms with van der Waals surface area (Å²) in [5.41, 5.74) is 3.76. The molecule has 2 atom stereocenters. The van der Waals surface area contributed by atoms with E-state index in [1.54, 1.807) is 31.4 Å². The van der Waals surface area contributed by atoms with Crippen molar-refractivity contribution in [1.82, 2.24) is 4.98 Å². The number of carbonyl (C=O) groups is 2. The SMILES string of the molecule is CCCCCOc1ccc(C2C(=C(O)c3ccc4c(c3)CC(C)O4)C(=O)C(=O)N2c2nc3ccc(C)cc3s2)cc1OC. The Labute approximate surface area is 254 Å². The minimum absolute atomic E-state index is 0.00832. The van der Waals surface area contributed by atoms with Gasteiger partial charge in [-0.15, -0.1) is 0 Å². The van der Waals surface area contributed by atoms with E-state index in [9.17, 15) is 14.7 Å². The number of benzene rings is 3. The first kappa shape index (κ1) is 28.7. The normalized spacial score (nSPS) is 19.1. The third-order valence-corrected chi connectivity index (χ3v) is 8.88. The number of amides is 1. The van der Waals surface area contributed by atoms with Crippen LogP contribution in [0.15, 0.2) is 60.2 Å². The summed E-state index contributed by atoms with van der Waals surface area (Å²) in [6, 6.07) is 15.6. The summed E-state index contributed by atoms with van der Waals surface area (Å²) in [5.74, 6) is 0.0287. The van der Waals surface area contributed by atoms with Crippen molar-refractivity contribution >= 4 is 44.1 Å². The number of unbranched alkanes of at least 4 members (excludes halogenated alkanes) is 2. The van der Waals surface area contributed by atoms with E-state index in [0.29, 0.717) is 40.8 Å². The maximum Gasteiger partial charge on any atom is 0.301 e. The van der Waals surface area contributed by atoms with Crippen molar-refractivity contribution in [2.75, 3.05) is 18.6 Å². The van der Waals surface area contributed by atoms with Crippen LogP contribution < -0.4 is 19.1 Å². The van der Waals surface area contributed by atoms with Gasteiger partial charge in [-0.3, -0.25) is 14.5 Å². The van der Waals surface area contributed by atoms with Crippen molar-refractivity contribution in [1.29, 1.82) is 0 Å². The number of rotatable bonds is 9. The van der Waals surface area contributed by atoms with Gasteiger partial charge in [-0.2, -0.15) is 0 Å². The Morgan fingerprint density at radius 3 is 2.72 bits per heavy atom. The second-order valence-electron chi connectivity index (χ2n) is 11.1. The van der Waals surface area contributed by atoms with Gasteiger partial charge >= 0.3 is 5.91 Å². The summed E-state index contributed by atoms with van der Waals surface area (Å²) in [6.45, 7) is 6.66. The van der Waals surface area contributed by atoms with E-state index >= 15 is 0 Å². The van der Waals surface area contributed by atoms with Gasteiger partial charge in [0, 0.05) is 12.0 Å². The van der Waals surface area contributed by atoms with Crippen molar-refractivity contribution in [3.05, 3.63) is 82.4 Å². The van der Waals surface area contributed by atoms with Gasteiger partial charge in [-0.25, -0.2) is 4.98 Å². The number of fused-ring (bicyclic) bond motifs is 2. The predicted molar refractivity (Wildman–Crippen MR) is 167 cm³/mol. The zero-order valence-electron chi connectivity index (χ0n) is 24.7. The van der Waals surface area contributed by atoms with Crippen LogP contribution in [0.25, 0.3) is 16.0 Å². The van der Waals surface area contributed by atoms with E-state index < -0.39 is 17.7 Å². The van der Waals surface area contributed by atoms with Gasteiger partial charge in [0.2, 0.25) is 0 Å². The van der Waals surface area contributed by atoms with Gasteiger partial charge in [0.15, 0.2) is 16.6 Å². The third-order valence-electron chi connectivity index (χ3n) is 7.86. The molecular weight excluding hydrogens is 564 g/mol. The number of carbonyl (C=O) groups excluding carboxylic acids is 2. The highest BCUT2D eigenvalue weighted by Crippen LogP contribution is 2.46. The fourth-order valence-corrected chi connectivity index (χ4v) is 6.79. The van der Waals surface area contributed by atoms with Crippen molar-refractivity contribution in [2.45, 2.75) is 58.6 Å². The summed E-state index contributed by atoms with van der Waals surface area (Å²) < 4.78 is 18.4. The molecule has 9 heteroatoms. The second kappa shape index (κ2) is 11.7. The molecule has 1 fully saturated rings. The molecule has 3 heterocycles. The number of methoxy groups -OCH3 is 1. The zero-order chi connectivity index (χ0) is 30.2. The van der Waals surface area contributed by atoms with Crippen LogP contribution in [0.5, 0.6) is 17.2 Å². The molecule has 0 aliphatic carbocycles. The lowest BCUT2D eigenvalue weighted by molar-refractivity contribution is -0.132. The number of aryl methyl sites for hydroxylation is 1. The molecule has 2 unspecified atom stereocenters. The lowest BCUT2D eigenvalue weighted by atomic mass is 9.94. The quantitative estimate of drug-likeness (QED) is 0.0947. The molecule has 2 aliphatic heterocycles. The molecule has 8 nitrogen and oxygen atoms in total. The number of ketones is 1. The summed E-state index contributed by atoms with van der Waals surface area (Å²) in [6.07, 6.45) is 3.78. The number of aliphatic hydroxyl groups excluding tert-OH is 1. The first-order chi connectivity index (χ1) is 20.8. The van der Waals surface area contributed by atoms with Crippen LogP contribution in [0.2, 0.25) is 0 Å². The molecule has 0 spiro atoms. The van der Waals surface area contributed by atoms with Gasteiger partial charge in [0.25, 0.3) is 5.78 Å². The van der Waals surface area contributed by atoms with Crippen molar-refractivity contribution in [3.63, 3.8) is 0 Å². The Kier molecular flexibility index (Phi) is 7.83.